The van der Waals surface area contributed by atoms with Crippen molar-refractivity contribution < 1.29 is 4.79 Å². The standard InChI is InChI=1S/C16H27N3O/c1-12(2)19-10-6-9-15(19)16(20)18(3)14-8-5-4-7-13(14)11-17/h6,9-10,12-14H,4-5,7-8,11,17H2,1-3H3. The van der Waals surface area contributed by atoms with E-state index in [0.717, 1.165) is 18.5 Å². The Kier molecular flexibility index (Phi) is 4.86. The molecule has 20 heavy (non-hydrogen) atoms. The fraction of sp³-hybridized carbons (Fsp3) is 0.688. The van der Waals surface area contributed by atoms with Crippen LogP contribution in [0, 0.1) is 5.92 Å². The second-order valence-electron chi connectivity index (χ2n) is 6.16. The van der Waals surface area contributed by atoms with E-state index >= 15 is 0 Å². The summed E-state index contributed by atoms with van der Waals surface area (Å²) >= 11 is 0. The van der Waals surface area contributed by atoms with Crippen LogP contribution in [0.15, 0.2) is 18.3 Å². The van der Waals surface area contributed by atoms with E-state index in [4.69, 9.17) is 5.73 Å². The molecule has 1 fully saturated rings. The molecule has 0 saturated heterocycles. The highest BCUT2D eigenvalue weighted by molar-refractivity contribution is 5.92. The molecule has 2 unspecified atom stereocenters. The van der Waals surface area contributed by atoms with Gasteiger partial charge in [-0.3, -0.25) is 4.79 Å². The monoisotopic (exact) mass is 277 g/mol. The van der Waals surface area contributed by atoms with Crippen LogP contribution in [0.1, 0.15) is 56.1 Å². The zero-order valence-electron chi connectivity index (χ0n) is 12.9. The van der Waals surface area contributed by atoms with Gasteiger partial charge in [0.2, 0.25) is 0 Å². The average Bonchev–Trinajstić information content (AvgIpc) is 2.95. The minimum Gasteiger partial charge on any atom is -0.341 e. The van der Waals surface area contributed by atoms with Crippen molar-refractivity contribution in [1.82, 2.24) is 9.47 Å². The number of nitrogens with two attached hydrogens (primary N) is 1. The van der Waals surface area contributed by atoms with Crippen LogP contribution in [0.4, 0.5) is 0 Å². The number of hydrogen-bond donors (Lipinski definition) is 1. The van der Waals surface area contributed by atoms with Crippen molar-refractivity contribution in [2.24, 2.45) is 11.7 Å². The van der Waals surface area contributed by atoms with Gasteiger partial charge in [-0.1, -0.05) is 12.8 Å². The molecule has 1 aromatic rings. The number of nitrogens with zero attached hydrogens (tertiary/aromatic N) is 2. The van der Waals surface area contributed by atoms with Gasteiger partial charge in [-0.05, 0) is 51.3 Å². The molecular weight excluding hydrogens is 250 g/mol. The van der Waals surface area contributed by atoms with Gasteiger partial charge in [-0.15, -0.1) is 0 Å². The Morgan fingerprint density at radius 3 is 2.80 bits per heavy atom. The Morgan fingerprint density at radius 1 is 1.45 bits per heavy atom. The second-order valence-corrected chi connectivity index (χ2v) is 6.16. The summed E-state index contributed by atoms with van der Waals surface area (Å²) in [6.45, 7) is 4.87. The van der Waals surface area contributed by atoms with Crippen LogP contribution in [0.5, 0.6) is 0 Å². The molecule has 112 valence electrons. The Bertz CT molecular complexity index is 452. The molecule has 1 heterocycles. The van der Waals surface area contributed by atoms with Crippen LogP contribution in [0.25, 0.3) is 0 Å². The topological polar surface area (TPSA) is 51.3 Å². The zero-order chi connectivity index (χ0) is 14.7. The molecule has 1 aliphatic carbocycles. The summed E-state index contributed by atoms with van der Waals surface area (Å²) in [5.41, 5.74) is 6.67. The van der Waals surface area contributed by atoms with Crippen LogP contribution in [0.3, 0.4) is 0 Å². The summed E-state index contributed by atoms with van der Waals surface area (Å²) in [7, 11) is 1.93. The first-order valence-corrected chi connectivity index (χ1v) is 7.70. The summed E-state index contributed by atoms with van der Waals surface area (Å²) in [5, 5.41) is 0. The summed E-state index contributed by atoms with van der Waals surface area (Å²) in [6, 6.07) is 4.45. The molecule has 1 saturated carbocycles. The van der Waals surface area contributed by atoms with Gasteiger partial charge < -0.3 is 15.2 Å². The highest BCUT2D eigenvalue weighted by atomic mass is 16.2. The second kappa shape index (κ2) is 6.44. The fourth-order valence-corrected chi connectivity index (χ4v) is 3.33. The molecule has 0 radical (unpaired) electrons. The highest BCUT2D eigenvalue weighted by Crippen LogP contribution is 2.28. The maximum atomic E-state index is 12.8. The molecule has 2 atom stereocenters. The average molecular weight is 277 g/mol. The minimum absolute atomic E-state index is 0.119. The van der Waals surface area contributed by atoms with E-state index < -0.39 is 0 Å². The van der Waals surface area contributed by atoms with E-state index in [1.807, 2.05) is 34.8 Å². The van der Waals surface area contributed by atoms with Crippen LogP contribution in [0.2, 0.25) is 0 Å². The third-order valence-corrected chi connectivity index (χ3v) is 4.54. The maximum absolute atomic E-state index is 12.8. The van der Waals surface area contributed by atoms with E-state index in [0.29, 0.717) is 18.5 Å². The van der Waals surface area contributed by atoms with Crippen molar-refractivity contribution in [2.45, 2.75) is 51.6 Å². The summed E-state index contributed by atoms with van der Waals surface area (Å²) < 4.78 is 2.04. The number of carbonyl (C=O) groups is 1. The molecule has 2 N–H and O–H groups in total. The van der Waals surface area contributed by atoms with Gasteiger partial charge in [-0.25, -0.2) is 0 Å². The lowest BCUT2D eigenvalue weighted by atomic mass is 9.83. The predicted octanol–water partition coefficient (Wildman–Crippen LogP) is 2.66. The number of hydrogen-bond acceptors (Lipinski definition) is 2. The molecule has 4 nitrogen and oxygen atoms in total. The van der Waals surface area contributed by atoms with Crippen molar-refractivity contribution in [2.75, 3.05) is 13.6 Å². The number of carbonyl (C=O) groups excluding carboxylic acids is 1. The highest BCUT2D eigenvalue weighted by Gasteiger charge is 2.31. The normalized spacial score (nSPS) is 23.1. The molecule has 1 amide bonds. The van der Waals surface area contributed by atoms with Crippen LogP contribution < -0.4 is 5.73 Å². The molecule has 0 bridgehead atoms. The third kappa shape index (κ3) is 2.90. The van der Waals surface area contributed by atoms with Crippen molar-refractivity contribution in [1.29, 1.82) is 0 Å². The van der Waals surface area contributed by atoms with Gasteiger partial charge in [-0.2, -0.15) is 0 Å². The Morgan fingerprint density at radius 2 is 2.15 bits per heavy atom. The van der Waals surface area contributed by atoms with Gasteiger partial charge in [0.1, 0.15) is 5.69 Å². The van der Waals surface area contributed by atoms with Gasteiger partial charge in [0.15, 0.2) is 0 Å². The molecular formula is C16H27N3O. The number of rotatable bonds is 4. The molecule has 0 spiro atoms. The van der Waals surface area contributed by atoms with Gasteiger partial charge in [0.05, 0.1) is 0 Å². The zero-order valence-corrected chi connectivity index (χ0v) is 12.9. The van der Waals surface area contributed by atoms with Crippen LogP contribution in [-0.2, 0) is 0 Å². The fourth-order valence-electron chi connectivity index (χ4n) is 3.33. The smallest absolute Gasteiger partial charge is 0.270 e. The lowest BCUT2D eigenvalue weighted by Crippen LogP contribution is -2.46. The summed E-state index contributed by atoms with van der Waals surface area (Å²) in [5.74, 6) is 0.564. The Balaban J connectivity index is 2.17. The first-order chi connectivity index (χ1) is 9.56. The van der Waals surface area contributed by atoms with E-state index in [2.05, 4.69) is 13.8 Å². The van der Waals surface area contributed by atoms with Crippen molar-refractivity contribution in [3.8, 4) is 0 Å². The van der Waals surface area contributed by atoms with E-state index in [1.54, 1.807) is 0 Å². The lowest BCUT2D eigenvalue weighted by molar-refractivity contribution is 0.0608. The van der Waals surface area contributed by atoms with E-state index in [1.165, 1.54) is 12.8 Å². The number of amides is 1. The lowest BCUT2D eigenvalue weighted by Gasteiger charge is -2.37. The molecule has 0 aromatic carbocycles. The van der Waals surface area contributed by atoms with Gasteiger partial charge >= 0.3 is 0 Å². The SMILES string of the molecule is CC(C)n1cccc1C(=O)N(C)C1CCCCC1CN. The summed E-state index contributed by atoms with van der Waals surface area (Å²) in [4.78, 5) is 14.7. The summed E-state index contributed by atoms with van der Waals surface area (Å²) in [6.07, 6.45) is 6.64. The quantitative estimate of drug-likeness (QED) is 0.920. The Labute approximate surface area is 121 Å². The third-order valence-electron chi connectivity index (χ3n) is 4.54. The van der Waals surface area contributed by atoms with Gasteiger partial charge in [0, 0.05) is 25.3 Å². The Hall–Kier alpha value is -1.29. The minimum atomic E-state index is 0.119. The number of aromatic nitrogens is 1. The van der Waals surface area contributed by atoms with E-state index in [9.17, 15) is 4.79 Å². The van der Waals surface area contributed by atoms with Crippen LogP contribution in [-0.4, -0.2) is 35.0 Å². The molecule has 2 rings (SSSR count). The molecule has 1 aliphatic rings. The first kappa shape index (κ1) is 15.1. The predicted molar refractivity (Wildman–Crippen MR) is 81.7 cm³/mol. The molecule has 4 heteroatoms. The van der Waals surface area contributed by atoms with Crippen molar-refractivity contribution in [3.05, 3.63) is 24.0 Å². The van der Waals surface area contributed by atoms with Crippen molar-refractivity contribution >= 4 is 5.91 Å². The van der Waals surface area contributed by atoms with Crippen molar-refractivity contribution in [3.63, 3.8) is 0 Å². The molecule has 1 aromatic heterocycles. The van der Waals surface area contributed by atoms with Gasteiger partial charge in [0.25, 0.3) is 5.91 Å². The maximum Gasteiger partial charge on any atom is 0.270 e. The molecule has 0 aliphatic heterocycles. The van der Waals surface area contributed by atoms with E-state index in [-0.39, 0.29) is 11.9 Å². The van der Waals surface area contributed by atoms with Crippen LogP contribution >= 0.6 is 0 Å². The largest absolute Gasteiger partial charge is 0.341 e. The first-order valence-electron chi connectivity index (χ1n) is 7.70.